The fraction of sp³-hybridized carbons (Fsp3) is 0.0833. The van der Waals surface area contributed by atoms with E-state index in [1.165, 1.54) is 4.90 Å². The lowest BCUT2D eigenvalue weighted by Gasteiger charge is -2.25. The summed E-state index contributed by atoms with van der Waals surface area (Å²) < 4.78 is 11.3. The Hall–Kier alpha value is -3.28. The molecule has 1 aliphatic heterocycles. The summed E-state index contributed by atoms with van der Waals surface area (Å²) in [6.45, 7) is 0. The average Bonchev–Trinajstić information content (AvgIpc) is 3.07. The van der Waals surface area contributed by atoms with Crippen LogP contribution in [0.2, 0.25) is 10.0 Å². The van der Waals surface area contributed by atoms with Crippen LogP contribution in [0.5, 0.6) is 5.75 Å². The molecule has 5 rings (SSSR count). The van der Waals surface area contributed by atoms with Gasteiger partial charge >= 0.3 is 0 Å². The zero-order chi connectivity index (χ0) is 21.7. The molecule has 1 amide bonds. The number of benzene rings is 3. The number of rotatable bonds is 3. The zero-order valence-electron chi connectivity index (χ0n) is 16.3. The van der Waals surface area contributed by atoms with E-state index < -0.39 is 11.9 Å². The lowest BCUT2D eigenvalue weighted by atomic mass is 9.98. The van der Waals surface area contributed by atoms with Crippen molar-refractivity contribution in [2.24, 2.45) is 0 Å². The quantitative estimate of drug-likeness (QED) is 0.391. The fourth-order valence-corrected chi connectivity index (χ4v) is 4.33. The van der Waals surface area contributed by atoms with Crippen LogP contribution in [0.4, 0.5) is 5.69 Å². The predicted molar refractivity (Wildman–Crippen MR) is 121 cm³/mol. The molecule has 0 saturated heterocycles. The van der Waals surface area contributed by atoms with Gasteiger partial charge in [-0.3, -0.25) is 14.5 Å². The van der Waals surface area contributed by atoms with Gasteiger partial charge in [-0.15, -0.1) is 0 Å². The summed E-state index contributed by atoms with van der Waals surface area (Å²) in [6, 6.07) is 18.2. The Labute approximate surface area is 187 Å². The standard InChI is InChI=1S/C24H15Cl2NO4/c1-30-17-7-3-6-16(12-17)27-21(13-4-2-5-14(25)10-13)20-22(28)18-11-15(26)8-9-19(18)31-23(20)24(27)29/h2-12,21H,1H3. The van der Waals surface area contributed by atoms with Crippen LogP contribution in [0.1, 0.15) is 27.7 Å². The molecule has 4 aromatic rings. The molecule has 0 N–H and O–H groups in total. The number of amides is 1. The van der Waals surface area contributed by atoms with Crippen molar-refractivity contribution in [1.29, 1.82) is 0 Å². The first-order valence-corrected chi connectivity index (χ1v) is 10.2. The van der Waals surface area contributed by atoms with Gasteiger partial charge in [0.05, 0.1) is 24.1 Å². The molecule has 1 unspecified atom stereocenters. The highest BCUT2D eigenvalue weighted by Crippen LogP contribution is 2.42. The third-order valence-corrected chi connectivity index (χ3v) is 5.80. The van der Waals surface area contributed by atoms with Gasteiger partial charge in [0.1, 0.15) is 11.3 Å². The van der Waals surface area contributed by atoms with Gasteiger partial charge in [-0.05, 0) is 48.0 Å². The van der Waals surface area contributed by atoms with Gasteiger partial charge in [-0.2, -0.15) is 0 Å². The summed E-state index contributed by atoms with van der Waals surface area (Å²) >= 11 is 12.4. The molecule has 154 valence electrons. The Morgan fingerprint density at radius 2 is 1.71 bits per heavy atom. The van der Waals surface area contributed by atoms with Gasteiger partial charge in [0, 0.05) is 21.8 Å². The first kappa shape index (κ1) is 19.7. The van der Waals surface area contributed by atoms with Crippen molar-refractivity contribution in [2.45, 2.75) is 6.04 Å². The number of carbonyl (C=O) groups is 1. The molecule has 31 heavy (non-hydrogen) atoms. The van der Waals surface area contributed by atoms with Crippen molar-refractivity contribution in [3.05, 3.63) is 104 Å². The molecule has 1 aromatic heterocycles. The smallest absolute Gasteiger partial charge is 0.295 e. The molecule has 0 saturated carbocycles. The minimum absolute atomic E-state index is 0.00705. The maximum absolute atomic E-state index is 13.5. The van der Waals surface area contributed by atoms with E-state index in [4.69, 9.17) is 32.4 Å². The van der Waals surface area contributed by atoms with E-state index in [-0.39, 0.29) is 16.8 Å². The van der Waals surface area contributed by atoms with Crippen LogP contribution < -0.4 is 15.1 Å². The zero-order valence-corrected chi connectivity index (χ0v) is 17.8. The Balaban J connectivity index is 1.82. The van der Waals surface area contributed by atoms with Crippen LogP contribution >= 0.6 is 23.2 Å². The van der Waals surface area contributed by atoms with Gasteiger partial charge in [-0.1, -0.05) is 41.4 Å². The summed E-state index contributed by atoms with van der Waals surface area (Å²) in [7, 11) is 1.55. The van der Waals surface area contributed by atoms with Crippen molar-refractivity contribution >= 4 is 45.8 Å². The van der Waals surface area contributed by atoms with Gasteiger partial charge < -0.3 is 9.15 Å². The van der Waals surface area contributed by atoms with Gasteiger partial charge in [-0.25, -0.2) is 0 Å². The summed E-state index contributed by atoms with van der Waals surface area (Å²) in [5, 5.41) is 1.23. The van der Waals surface area contributed by atoms with E-state index in [9.17, 15) is 9.59 Å². The first-order valence-electron chi connectivity index (χ1n) is 9.47. The van der Waals surface area contributed by atoms with Crippen molar-refractivity contribution in [1.82, 2.24) is 0 Å². The van der Waals surface area contributed by atoms with Crippen LogP contribution in [0.15, 0.2) is 75.9 Å². The minimum atomic E-state index is -0.715. The maximum Gasteiger partial charge on any atom is 0.295 e. The highest BCUT2D eigenvalue weighted by Gasteiger charge is 2.43. The summed E-state index contributed by atoms with van der Waals surface area (Å²) in [5.74, 6) is 0.178. The second-order valence-electron chi connectivity index (χ2n) is 7.15. The van der Waals surface area contributed by atoms with Crippen molar-refractivity contribution < 1.29 is 13.9 Å². The molecule has 0 spiro atoms. The first-order chi connectivity index (χ1) is 15.0. The number of hydrogen-bond donors (Lipinski definition) is 0. The van der Waals surface area contributed by atoms with Crippen LogP contribution in [-0.2, 0) is 0 Å². The number of halogens is 2. The Bertz CT molecular complexity index is 1410. The SMILES string of the molecule is COc1cccc(N2C(=O)c3oc4ccc(Cl)cc4c(=O)c3C2c2cccc(Cl)c2)c1. The third kappa shape index (κ3) is 3.17. The molecule has 0 fully saturated rings. The second kappa shape index (κ2) is 7.45. The summed E-state index contributed by atoms with van der Waals surface area (Å²) in [5.41, 5.74) is 1.52. The lowest BCUT2D eigenvalue weighted by molar-refractivity contribution is 0.0971. The van der Waals surface area contributed by atoms with Gasteiger partial charge in [0.2, 0.25) is 5.76 Å². The Morgan fingerprint density at radius 1 is 0.935 bits per heavy atom. The summed E-state index contributed by atoms with van der Waals surface area (Å²) in [6.07, 6.45) is 0. The molecule has 0 radical (unpaired) electrons. The Morgan fingerprint density at radius 3 is 2.48 bits per heavy atom. The third-order valence-electron chi connectivity index (χ3n) is 5.33. The van der Waals surface area contributed by atoms with E-state index in [2.05, 4.69) is 0 Å². The normalized spacial score (nSPS) is 15.4. The van der Waals surface area contributed by atoms with Crippen LogP contribution in [-0.4, -0.2) is 13.0 Å². The minimum Gasteiger partial charge on any atom is -0.497 e. The molecule has 0 bridgehead atoms. The largest absolute Gasteiger partial charge is 0.497 e. The molecule has 3 aromatic carbocycles. The van der Waals surface area contributed by atoms with Gasteiger partial charge in [0.25, 0.3) is 5.91 Å². The van der Waals surface area contributed by atoms with E-state index in [0.717, 1.165) is 0 Å². The summed E-state index contributed by atoms with van der Waals surface area (Å²) in [4.78, 5) is 28.6. The highest BCUT2D eigenvalue weighted by atomic mass is 35.5. The van der Waals surface area contributed by atoms with E-state index in [0.29, 0.717) is 38.0 Å². The number of hydrogen-bond acceptors (Lipinski definition) is 4. The van der Waals surface area contributed by atoms with Crippen LogP contribution in [0, 0.1) is 0 Å². The van der Waals surface area contributed by atoms with Crippen LogP contribution in [0.3, 0.4) is 0 Å². The van der Waals surface area contributed by atoms with Crippen molar-refractivity contribution in [3.63, 3.8) is 0 Å². The fourth-order valence-electron chi connectivity index (χ4n) is 3.96. The second-order valence-corrected chi connectivity index (χ2v) is 8.02. The number of methoxy groups -OCH3 is 1. The van der Waals surface area contributed by atoms with Crippen LogP contribution in [0.25, 0.3) is 11.0 Å². The van der Waals surface area contributed by atoms with E-state index in [1.54, 1.807) is 67.8 Å². The van der Waals surface area contributed by atoms with Gasteiger partial charge in [0.15, 0.2) is 5.43 Å². The lowest BCUT2D eigenvalue weighted by Crippen LogP contribution is -2.29. The van der Waals surface area contributed by atoms with E-state index in [1.807, 2.05) is 6.07 Å². The molecule has 2 heterocycles. The highest BCUT2D eigenvalue weighted by molar-refractivity contribution is 6.31. The molecule has 1 atom stereocenters. The monoisotopic (exact) mass is 451 g/mol. The maximum atomic E-state index is 13.5. The van der Waals surface area contributed by atoms with Crippen molar-refractivity contribution in [3.8, 4) is 5.75 Å². The number of anilines is 1. The molecule has 5 nitrogen and oxygen atoms in total. The number of ether oxygens (including phenoxy) is 1. The predicted octanol–water partition coefficient (Wildman–Crippen LogP) is 5.86. The number of carbonyl (C=O) groups excluding carboxylic acids is 1. The number of nitrogens with zero attached hydrogens (tertiary/aromatic N) is 1. The average molecular weight is 452 g/mol. The molecule has 7 heteroatoms. The molecular formula is C24H15Cl2NO4. The molecular weight excluding hydrogens is 437 g/mol. The Kier molecular flexibility index (Phi) is 4.73. The molecule has 1 aliphatic rings. The topological polar surface area (TPSA) is 59.8 Å². The van der Waals surface area contributed by atoms with E-state index >= 15 is 0 Å². The molecule has 0 aliphatic carbocycles. The van der Waals surface area contributed by atoms with Crippen molar-refractivity contribution in [2.75, 3.05) is 12.0 Å². The number of fused-ring (bicyclic) bond motifs is 2.